The summed E-state index contributed by atoms with van der Waals surface area (Å²) >= 11 is 0. The maximum atomic E-state index is 9.07. The highest BCUT2D eigenvalue weighted by molar-refractivity contribution is 5.87. The summed E-state index contributed by atoms with van der Waals surface area (Å²) < 4.78 is 5.74. The van der Waals surface area contributed by atoms with Crippen LogP contribution in [-0.2, 0) is 6.42 Å². The molecule has 0 aliphatic carbocycles. The van der Waals surface area contributed by atoms with Crippen molar-refractivity contribution >= 4 is 10.8 Å². The number of fused-ring (bicyclic) bond motifs is 1. The van der Waals surface area contributed by atoms with Crippen LogP contribution in [0.15, 0.2) is 49.1 Å². The molecular formula is C17H21NO2. The van der Waals surface area contributed by atoms with Crippen LogP contribution in [0.5, 0.6) is 5.75 Å². The zero-order chi connectivity index (χ0) is 14.4. The Balaban J connectivity index is 2.36. The zero-order valence-corrected chi connectivity index (χ0v) is 11.6. The highest BCUT2D eigenvalue weighted by atomic mass is 16.5. The van der Waals surface area contributed by atoms with Gasteiger partial charge in [0.25, 0.3) is 0 Å². The second-order valence-corrected chi connectivity index (χ2v) is 4.84. The third kappa shape index (κ3) is 3.38. The molecule has 0 radical (unpaired) electrons. The van der Waals surface area contributed by atoms with Gasteiger partial charge in [0.2, 0.25) is 0 Å². The Kier molecular flexibility index (Phi) is 5.16. The molecule has 2 aromatic rings. The minimum Gasteiger partial charge on any atom is -0.489 e. The lowest BCUT2D eigenvalue weighted by atomic mass is 9.98. The first kappa shape index (κ1) is 14.6. The van der Waals surface area contributed by atoms with E-state index in [2.05, 4.69) is 24.8 Å². The average Bonchev–Trinajstić information content (AvgIpc) is 2.50. The monoisotopic (exact) mass is 271 g/mol. The molecule has 0 amide bonds. The van der Waals surface area contributed by atoms with Crippen LogP contribution in [0, 0.1) is 0 Å². The molecule has 3 N–H and O–H groups in total. The largest absolute Gasteiger partial charge is 0.489 e. The fraction of sp³-hybridized carbons (Fsp3) is 0.294. The van der Waals surface area contributed by atoms with E-state index in [1.807, 2.05) is 18.2 Å². The predicted molar refractivity (Wildman–Crippen MR) is 83.0 cm³/mol. The van der Waals surface area contributed by atoms with E-state index >= 15 is 0 Å². The van der Waals surface area contributed by atoms with Crippen LogP contribution in [0.25, 0.3) is 10.8 Å². The molecule has 3 heteroatoms. The lowest BCUT2D eigenvalue weighted by Crippen LogP contribution is -2.24. The minimum atomic E-state index is -0.193. The van der Waals surface area contributed by atoms with Crippen molar-refractivity contribution in [2.24, 2.45) is 5.73 Å². The number of ether oxygens (including phenoxy) is 1. The molecule has 2 aromatic carbocycles. The molecule has 1 unspecified atom stereocenters. The summed E-state index contributed by atoms with van der Waals surface area (Å²) in [5.74, 6) is 0.869. The molecule has 0 heterocycles. The van der Waals surface area contributed by atoms with Crippen LogP contribution < -0.4 is 10.5 Å². The van der Waals surface area contributed by atoms with Crippen molar-refractivity contribution in [2.45, 2.75) is 18.9 Å². The van der Waals surface area contributed by atoms with Gasteiger partial charge < -0.3 is 15.6 Å². The highest BCUT2D eigenvalue weighted by Crippen LogP contribution is 2.29. The van der Waals surface area contributed by atoms with E-state index in [0.717, 1.165) is 24.2 Å². The summed E-state index contributed by atoms with van der Waals surface area (Å²) in [4.78, 5) is 0. The minimum absolute atomic E-state index is 0.00755. The first-order chi connectivity index (χ1) is 9.76. The first-order valence-corrected chi connectivity index (χ1v) is 6.87. The molecule has 0 fully saturated rings. The first-order valence-electron chi connectivity index (χ1n) is 6.87. The van der Waals surface area contributed by atoms with Crippen molar-refractivity contribution < 1.29 is 9.84 Å². The van der Waals surface area contributed by atoms with Crippen LogP contribution >= 0.6 is 0 Å². The van der Waals surface area contributed by atoms with E-state index in [-0.39, 0.29) is 12.6 Å². The number of aliphatic hydroxyl groups is 1. The fourth-order valence-electron chi connectivity index (χ4n) is 2.28. The topological polar surface area (TPSA) is 55.5 Å². The van der Waals surface area contributed by atoms with Crippen molar-refractivity contribution in [3.05, 3.63) is 54.6 Å². The van der Waals surface area contributed by atoms with Crippen molar-refractivity contribution in [2.75, 3.05) is 13.2 Å². The van der Waals surface area contributed by atoms with Gasteiger partial charge >= 0.3 is 0 Å². The van der Waals surface area contributed by atoms with Gasteiger partial charge in [-0.2, -0.15) is 0 Å². The molecule has 20 heavy (non-hydrogen) atoms. The normalized spacial score (nSPS) is 12.3. The molecule has 0 spiro atoms. The third-order valence-corrected chi connectivity index (χ3v) is 3.35. The van der Waals surface area contributed by atoms with E-state index in [1.54, 1.807) is 6.08 Å². The van der Waals surface area contributed by atoms with E-state index < -0.39 is 0 Å². The second kappa shape index (κ2) is 7.08. The van der Waals surface area contributed by atoms with Gasteiger partial charge in [-0.05, 0) is 29.7 Å². The van der Waals surface area contributed by atoms with E-state index in [1.165, 1.54) is 10.8 Å². The summed E-state index contributed by atoms with van der Waals surface area (Å²) in [5, 5.41) is 11.4. The summed E-state index contributed by atoms with van der Waals surface area (Å²) in [6.45, 7) is 4.17. The van der Waals surface area contributed by atoms with Gasteiger partial charge in [-0.3, -0.25) is 0 Å². The van der Waals surface area contributed by atoms with Crippen molar-refractivity contribution in [1.82, 2.24) is 0 Å². The second-order valence-electron chi connectivity index (χ2n) is 4.84. The Hall–Kier alpha value is -1.84. The summed E-state index contributed by atoms with van der Waals surface area (Å²) in [6, 6.07) is 12.1. The SMILES string of the molecule is C=CCOc1ccc2ccccc2c1CCC(N)CO. The molecule has 0 saturated heterocycles. The summed E-state index contributed by atoms with van der Waals surface area (Å²) in [6.07, 6.45) is 3.25. The smallest absolute Gasteiger partial charge is 0.123 e. The number of hydrogen-bond donors (Lipinski definition) is 2. The average molecular weight is 271 g/mol. The lowest BCUT2D eigenvalue weighted by Gasteiger charge is -2.15. The highest BCUT2D eigenvalue weighted by Gasteiger charge is 2.10. The van der Waals surface area contributed by atoms with Crippen LogP contribution in [0.1, 0.15) is 12.0 Å². The van der Waals surface area contributed by atoms with Crippen LogP contribution in [-0.4, -0.2) is 24.4 Å². The zero-order valence-electron chi connectivity index (χ0n) is 11.6. The van der Waals surface area contributed by atoms with E-state index in [0.29, 0.717) is 6.61 Å². The van der Waals surface area contributed by atoms with Crippen LogP contribution in [0.2, 0.25) is 0 Å². The fourth-order valence-corrected chi connectivity index (χ4v) is 2.28. The van der Waals surface area contributed by atoms with Crippen LogP contribution in [0.3, 0.4) is 0 Å². The standard InChI is InChI=1S/C17H21NO2/c1-2-11-20-17-10-7-13-5-3-4-6-15(13)16(17)9-8-14(18)12-19/h2-7,10,14,19H,1,8-9,11-12,18H2. The third-order valence-electron chi connectivity index (χ3n) is 3.35. The molecule has 106 valence electrons. The van der Waals surface area contributed by atoms with Gasteiger partial charge in [-0.1, -0.05) is 43.0 Å². The molecule has 0 aliphatic heterocycles. The maximum Gasteiger partial charge on any atom is 0.123 e. The molecule has 3 nitrogen and oxygen atoms in total. The lowest BCUT2D eigenvalue weighted by molar-refractivity contribution is 0.260. The Morgan fingerprint density at radius 3 is 2.80 bits per heavy atom. The summed E-state index contributed by atoms with van der Waals surface area (Å²) in [7, 11) is 0. The van der Waals surface area contributed by atoms with Gasteiger partial charge in [0.05, 0.1) is 6.61 Å². The Bertz CT molecular complexity index is 580. The van der Waals surface area contributed by atoms with Crippen molar-refractivity contribution in [3.63, 3.8) is 0 Å². The van der Waals surface area contributed by atoms with Gasteiger partial charge in [0, 0.05) is 11.6 Å². The maximum absolute atomic E-state index is 9.07. The van der Waals surface area contributed by atoms with E-state index in [9.17, 15) is 0 Å². The molecule has 1 atom stereocenters. The van der Waals surface area contributed by atoms with E-state index in [4.69, 9.17) is 15.6 Å². The summed E-state index contributed by atoms with van der Waals surface area (Å²) in [5.41, 5.74) is 6.96. The van der Waals surface area contributed by atoms with Gasteiger partial charge in [-0.25, -0.2) is 0 Å². The molecule has 0 aliphatic rings. The van der Waals surface area contributed by atoms with Crippen molar-refractivity contribution in [3.8, 4) is 5.75 Å². The molecule has 0 aromatic heterocycles. The number of aliphatic hydroxyl groups excluding tert-OH is 1. The Morgan fingerprint density at radius 1 is 1.25 bits per heavy atom. The van der Waals surface area contributed by atoms with Gasteiger partial charge in [-0.15, -0.1) is 0 Å². The van der Waals surface area contributed by atoms with Gasteiger partial charge in [0.1, 0.15) is 12.4 Å². The molecular weight excluding hydrogens is 250 g/mol. The molecule has 0 saturated carbocycles. The Morgan fingerprint density at radius 2 is 2.05 bits per heavy atom. The quantitative estimate of drug-likeness (QED) is 0.761. The predicted octanol–water partition coefficient (Wildman–Crippen LogP) is 2.66. The number of aryl methyl sites for hydroxylation is 1. The molecule has 0 bridgehead atoms. The number of benzene rings is 2. The Labute approximate surface area is 119 Å². The van der Waals surface area contributed by atoms with Crippen LogP contribution in [0.4, 0.5) is 0 Å². The number of nitrogens with two attached hydrogens (primary N) is 1. The number of rotatable bonds is 7. The molecule has 2 rings (SSSR count). The van der Waals surface area contributed by atoms with Crippen molar-refractivity contribution in [1.29, 1.82) is 0 Å². The van der Waals surface area contributed by atoms with Gasteiger partial charge in [0.15, 0.2) is 0 Å². The number of hydrogen-bond acceptors (Lipinski definition) is 3.